The highest BCUT2D eigenvalue weighted by molar-refractivity contribution is 9.10. The zero-order valence-corrected chi connectivity index (χ0v) is 13.1. The first-order valence-corrected chi connectivity index (χ1v) is 8.47. The predicted molar refractivity (Wildman–Crippen MR) is 76.2 cm³/mol. The largest absolute Gasteiger partial charge is 0.241 e. The van der Waals surface area contributed by atoms with Crippen molar-refractivity contribution in [3.05, 3.63) is 27.7 Å². The highest BCUT2D eigenvalue weighted by atomic mass is 79.9. The minimum absolute atomic E-state index is 0.109. The van der Waals surface area contributed by atoms with Gasteiger partial charge in [-0.1, -0.05) is 28.8 Å². The predicted octanol–water partition coefficient (Wildman–Crippen LogP) is 3.29. The van der Waals surface area contributed by atoms with Crippen molar-refractivity contribution in [3.63, 3.8) is 0 Å². The van der Waals surface area contributed by atoms with E-state index in [0.29, 0.717) is 4.90 Å². The van der Waals surface area contributed by atoms with E-state index in [9.17, 15) is 8.42 Å². The van der Waals surface area contributed by atoms with Crippen molar-refractivity contribution in [1.82, 2.24) is 4.72 Å². The molecule has 0 bridgehead atoms. The molecule has 1 aromatic rings. The first-order chi connectivity index (χ1) is 8.40. The monoisotopic (exact) mass is 331 g/mol. The molecule has 18 heavy (non-hydrogen) atoms. The maximum absolute atomic E-state index is 12.4. The van der Waals surface area contributed by atoms with E-state index in [1.807, 2.05) is 26.0 Å². The average Bonchev–Trinajstić information content (AvgIpc) is 2.66. The second-order valence-corrected chi connectivity index (χ2v) is 7.54. The molecule has 1 saturated carbocycles. The minimum Gasteiger partial charge on any atom is -0.208 e. The Labute approximate surface area is 117 Å². The fourth-order valence-corrected chi connectivity index (χ4v) is 5.09. The third kappa shape index (κ3) is 2.95. The number of hydrogen-bond acceptors (Lipinski definition) is 2. The van der Waals surface area contributed by atoms with Gasteiger partial charge in [-0.3, -0.25) is 0 Å². The Balaban J connectivity index is 2.34. The Morgan fingerprint density at radius 3 is 2.17 bits per heavy atom. The highest BCUT2D eigenvalue weighted by Crippen LogP contribution is 2.26. The van der Waals surface area contributed by atoms with Crippen molar-refractivity contribution in [2.75, 3.05) is 0 Å². The number of halogens is 1. The van der Waals surface area contributed by atoms with Gasteiger partial charge in [-0.15, -0.1) is 0 Å². The van der Waals surface area contributed by atoms with Crippen LogP contribution in [0, 0.1) is 13.8 Å². The number of rotatable bonds is 3. The van der Waals surface area contributed by atoms with E-state index in [1.54, 1.807) is 0 Å². The lowest BCUT2D eigenvalue weighted by Gasteiger charge is -2.16. The molecule has 5 heteroatoms. The summed E-state index contributed by atoms with van der Waals surface area (Å²) in [6.45, 7) is 3.67. The van der Waals surface area contributed by atoms with Crippen molar-refractivity contribution in [2.24, 2.45) is 0 Å². The molecule has 1 aliphatic carbocycles. The van der Waals surface area contributed by atoms with Gasteiger partial charge in [0.1, 0.15) is 0 Å². The quantitative estimate of drug-likeness (QED) is 0.923. The second-order valence-electron chi connectivity index (χ2n) is 4.97. The lowest BCUT2D eigenvalue weighted by atomic mass is 10.2. The van der Waals surface area contributed by atoms with Gasteiger partial charge in [-0.25, -0.2) is 13.1 Å². The van der Waals surface area contributed by atoms with Crippen LogP contribution in [0.5, 0.6) is 0 Å². The normalized spacial score (nSPS) is 17.3. The summed E-state index contributed by atoms with van der Waals surface area (Å²) >= 11 is 3.39. The van der Waals surface area contributed by atoms with Crippen molar-refractivity contribution < 1.29 is 8.42 Å². The van der Waals surface area contributed by atoms with Gasteiger partial charge in [-0.2, -0.15) is 0 Å². The fourth-order valence-electron chi connectivity index (χ4n) is 2.64. The lowest BCUT2D eigenvalue weighted by Crippen LogP contribution is -2.33. The molecule has 0 unspecified atom stereocenters. The molecular weight excluding hydrogens is 314 g/mol. The molecule has 2 rings (SSSR count). The maximum Gasteiger partial charge on any atom is 0.241 e. The van der Waals surface area contributed by atoms with Crippen LogP contribution < -0.4 is 4.72 Å². The molecule has 0 saturated heterocycles. The summed E-state index contributed by atoms with van der Waals surface area (Å²) in [5, 5.41) is 0. The summed E-state index contributed by atoms with van der Waals surface area (Å²) in [5.74, 6) is 0. The zero-order chi connectivity index (χ0) is 13.3. The van der Waals surface area contributed by atoms with Gasteiger partial charge in [-0.05, 0) is 49.9 Å². The van der Waals surface area contributed by atoms with Crippen LogP contribution in [-0.4, -0.2) is 14.5 Å². The molecule has 0 amide bonds. The van der Waals surface area contributed by atoms with Crippen LogP contribution in [0.15, 0.2) is 21.5 Å². The SMILES string of the molecule is Cc1cc(Br)cc(C)c1S(=O)(=O)NC1CCCC1. The molecule has 0 heterocycles. The van der Waals surface area contributed by atoms with Gasteiger partial charge in [0.2, 0.25) is 10.0 Å². The van der Waals surface area contributed by atoms with E-state index < -0.39 is 10.0 Å². The summed E-state index contributed by atoms with van der Waals surface area (Å²) < 4.78 is 28.6. The molecule has 0 aliphatic heterocycles. The van der Waals surface area contributed by atoms with E-state index in [2.05, 4.69) is 20.7 Å². The van der Waals surface area contributed by atoms with Crippen LogP contribution in [-0.2, 0) is 10.0 Å². The highest BCUT2D eigenvalue weighted by Gasteiger charge is 2.25. The average molecular weight is 332 g/mol. The Kier molecular flexibility index (Phi) is 4.14. The summed E-state index contributed by atoms with van der Waals surface area (Å²) in [6, 6.07) is 3.80. The van der Waals surface area contributed by atoms with Crippen LogP contribution in [0.1, 0.15) is 36.8 Å². The molecule has 0 atom stereocenters. The smallest absolute Gasteiger partial charge is 0.208 e. The fraction of sp³-hybridized carbons (Fsp3) is 0.538. The number of aryl methyl sites for hydroxylation is 2. The summed E-state index contributed by atoms with van der Waals surface area (Å²) in [4.78, 5) is 0.428. The number of nitrogens with one attached hydrogen (secondary N) is 1. The molecular formula is C13H18BrNO2S. The maximum atomic E-state index is 12.4. The number of hydrogen-bond donors (Lipinski definition) is 1. The van der Waals surface area contributed by atoms with E-state index in [-0.39, 0.29) is 6.04 Å². The van der Waals surface area contributed by atoms with Crippen LogP contribution in [0.25, 0.3) is 0 Å². The van der Waals surface area contributed by atoms with Gasteiger partial charge >= 0.3 is 0 Å². The van der Waals surface area contributed by atoms with Crippen molar-refractivity contribution in [1.29, 1.82) is 0 Å². The van der Waals surface area contributed by atoms with Gasteiger partial charge in [0, 0.05) is 10.5 Å². The van der Waals surface area contributed by atoms with Crippen LogP contribution >= 0.6 is 15.9 Å². The molecule has 0 radical (unpaired) electrons. The molecule has 1 fully saturated rings. The Hall–Kier alpha value is -0.390. The standard InChI is InChI=1S/C13H18BrNO2S/c1-9-7-11(14)8-10(2)13(9)18(16,17)15-12-5-3-4-6-12/h7-8,12,15H,3-6H2,1-2H3. The van der Waals surface area contributed by atoms with E-state index in [1.165, 1.54) is 0 Å². The van der Waals surface area contributed by atoms with Gasteiger partial charge in [0.05, 0.1) is 4.90 Å². The molecule has 100 valence electrons. The van der Waals surface area contributed by atoms with Gasteiger partial charge in [0.25, 0.3) is 0 Å². The first-order valence-electron chi connectivity index (χ1n) is 6.19. The topological polar surface area (TPSA) is 46.2 Å². The molecule has 1 aromatic carbocycles. The van der Waals surface area contributed by atoms with Crippen molar-refractivity contribution in [3.8, 4) is 0 Å². The van der Waals surface area contributed by atoms with Crippen LogP contribution in [0.4, 0.5) is 0 Å². The van der Waals surface area contributed by atoms with E-state index >= 15 is 0 Å². The molecule has 0 spiro atoms. The second kappa shape index (κ2) is 5.31. The lowest BCUT2D eigenvalue weighted by molar-refractivity contribution is 0.551. The molecule has 1 N–H and O–H groups in total. The zero-order valence-electron chi connectivity index (χ0n) is 10.7. The summed E-state index contributed by atoms with van der Waals surface area (Å²) in [7, 11) is -3.39. The van der Waals surface area contributed by atoms with Crippen molar-refractivity contribution in [2.45, 2.75) is 50.5 Å². The van der Waals surface area contributed by atoms with E-state index in [4.69, 9.17) is 0 Å². The van der Waals surface area contributed by atoms with E-state index in [0.717, 1.165) is 41.3 Å². The van der Waals surface area contributed by atoms with Crippen LogP contribution in [0.2, 0.25) is 0 Å². The molecule has 0 aromatic heterocycles. The molecule has 1 aliphatic rings. The number of benzene rings is 1. The Morgan fingerprint density at radius 2 is 1.67 bits per heavy atom. The third-order valence-electron chi connectivity index (χ3n) is 3.37. The molecule has 3 nitrogen and oxygen atoms in total. The Bertz CT molecular complexity index is 525. The third-order valence-corrected chi connectivity index (χ3v) is 5.65. The summed E-state index contributed by atoms with van der Waals surface area (Å²) in [5.41, 5.74) is 1.57. The Morgan fingerprint density at radius 1 is 1.17 bits per heavy atom. The summed E-state index contributed by atoms with van der Waals surface area (Å²) in [6.07, 6.45) is 4.14. The minimum atomic E-state index is -3.39. The number of sulfonamides is 1. The van der Waals surface area contributed by atoms with Crippen molar-refractivity contribution >= 4 is 26.0 Å². The van der Waals surface area contributed by atoms with Gasteiger partial charge in [0.15, 0.2) is 0 Å². The van der Waals surface area contributed by atoms with Crippen LogP contribution in [0.3, 0.4) is 0 Å². The van der Waals surface area contributed by atoms with Gasteiger partial charge < -0.3 is 0 Å². The first kappa shape index (κ1) is 14.0.